The number of benzene rings is 3. The second-order valence-corrected chi connectivity index (χ2v) is 7.41. The van der Waals surface area contributed by atoms with Gasteiger partial charge in [0.2, 0.25) is 5.91 Å². The lowest BCUT2D eigenvalue weighted by atomic mass is 9.94. The van der Waals surface area contributed by atoms with Crippen LogP contribution in [-0.4, -0.2) is 36.5 Å². The summed E-state index contributed by atoms with van der Waals surface area (Å²) >= 11 is 0. The van der Waals surface area contributed by atoms with Crippen LogP contribution in [0.2, 0.25) is 0 Å². The van der Waals surface area contributed by atoms with Crippen molar-refractivity contribution < 1.29 is 9.59 Å². The standard InChI is InChI=1S/C23H21N3O2/c1-24-22(27)20-12-16-6-2-3-7-17(16)13-25(20)14-26-19-11-5-9-15-8-4-10-18(21(15)19)23(26)28/h2-11,20H,12-14H2,1H3,(H,24,27)/t20-/m0/s1. The molecule has 5 nitrogen and oxygen atoms in total. The molecular formula is C23H21N3O2. The summed E-state index contributed by atoms with van der Waals surface area (Å²) in [6, 6.07) is 19.8. The van der Waals surface area contributed by atoms with Crippen LogP contribution in [0.15, 0.2) is 60.7 Å². The molecule has 0 unspecified atom stereocenters. The molecule has 2 aliphatic rings. The molecule has 1 N–H and O–H groups in total. The van der Waals surface area contributed by atoms with Crippen LogP contribution in [0.25, 0.3) is 10.8 Å². The average molecular weight is 371 g/mol. The third-order valence-corrected chi connectivity index (χ3v) is 5.87. The fourth-order valence-electron chi connectivity index (χ4n) is 4.45. The van der Waals surface area contributed by atoms with Crippen molar-refractivity contribution in [2.45, 2.75) is 19.0 Å². The van der Waals surface area contributed by atoms with Gasteiger partial charge in [-0.2, -0.15) is 0 Å². The number of likely N-dealkylation sites (N-methyl/N-ethyl adjacent to an activating group) is 1. The van der Waals surface area contributed by atoms with E-state index in [-0.39, 0.29) is 17.9 Å². The maximum Gasteiger partial charge on any atom is 0.260 e. The quantitative estimate of drug-likeness (QED) is 0.770. The topological polar surface area (TPSA) is 52.7 Å². The molecule has 0 spiro atoms. The van der Waals surface area contributed by atoms with Crippen molar-refractivity contribution in [1.29, 1.82) is 0 Å². The zero-order valence-corrected chi connectivity index (χ0v) is 15.7. The van der Waals surface area contributed by atoms with Gasteiger partial charge >= 0.3 is 0 Å². The van der Waals surface area contributed by atoms with Crippen molar-refractivity contribution in [3.63, 3.8) is 0 Å². The van der Waals surface area contributed by atoms with Crippen LogP contribution in [0, 0.1) is 0 Å². The number of fused-ring (bicyclic) bond motifs is 1. The summed E-state index contributed by atoms with van der Waals surface area (Å²) in [5, 5.41) is 4.86. The summed E-state index contributed by atoms with van der Waals surface area (Å²) < 4.78 is 0. The third kappa shape index (κ3) is 2.51. The van der Waals surface area contributed by atoms with Crippen LogP contribution in [-0.2, 0) is 17.8 Å². The molecule has 5 heteroatoms. The SMILES string of the molecule is CNC(=O)[C@@H]1Cc2ccccc2CN1CN1C(=O)c2cccc3cccc1c23. The average Bonchev–Trinajstić information content (AvgIpc) is 3.01. The summed E-state index contributed by atoms with van der Waals surface area (Å²) in [6.45, 7) is 1.03. The van der Waals surface area contributed by atoms with Gasteiger partial charge in [-0.1, -0.05) is 48.5 Å². The molecule has 2 heterocycles. The van der Waals surface area contributed by atoms with Gasteiger partial charge in [-0.15, -0.1) is 0 Å². The van der Waals surface area contributed by atoms with Crippen molar-refractivity contribution in [2.75, 3.05) is 18.6 Å². The van der Waals surface area contributed by atoms with E-state index in [1.54, 1.807) is 7.05 Å². The van der Waals surface area contributed by atoms with Gasteiger partial charge < -0.3 is 5.32 Å². The molecule has 0 aliphatic carbocycles. The number of hydrogen-bond donors (Lipinski definition) is 1. The molecule has 5 rings (SSSR count). The maximum atomic E-state index is 13.1. The molecule has 0 fully saturated rings. The predicted octanol–water partition coefficient (Wildman–Crippen LogP) is 2.93. The Kier molecular flexibility index (Phi) is 3.91. The Morgan fingerprint density at radius 3 is 2.57 bits per heavy atom. The summed E-state index contributed by atoms with van der Waals surface area (Å²) in [6.07, 6.45) is 0.648. The number of anilines is 1. The van der Waals surface area contributed by atoms with Gasteiger partial charge in [0.05, 0.1) is 18.4 Å². The summed E-state index contributed by atoms with van der Waals surface area (Å²) in [7, 11) is 1.67. The molecule has 0 radical (unpaired) electrons. The van der Waals surface area contributed by atoms with E-state index in [1.165, 1.54) is 11.1 Å². The summed E-state index contributed by atoms with van der Waals surface area (Å²) in [5.41, 5.74) is 4.07. The third-order valence-electron chi connectivity index (χ3n) is 5.87. The van der Waals surface area contributed by atoms with Gasteiger partial charge in [0.15, 0.2) is 0 Å². The molecular weight excluding hydrogens is 350 g/mol. The predicted molar refractivity (Wildman–Crippen MR) is 109 cm³/mol. The van der Waals surface area contributed by atoms with Crippen LogP contribution < -0.4 is 10.2 Å². The maximum absolute atomic E-state index is 13.1. The van der Waals surface area contributed by atoms with Crippen LogP contribution in [0.5, 0.6) is 0 Å². The number of carbonyl (C=O) groups is 2. The molecule has 3 aromatic carbocycles. The monoisotopic (exact) mass is 371 g/mol. The molecule has 1 atom stereocenters. The van der Waals surface area contributed by atoms with E-state index in [1.807, 2.05) is 53.4 Å². The fraction of sp³-hybridized carbons (Fsp3) is 0.217. The molecule has 0 aromatic heterocycles. The molecule has 3 aromatic rings. The molecule has 0 bridgehead atoms. The molecule has 28 heavy (non-hydrogen) atoms. The second-order valence-electron chi connectivity index (χ2n) is 7.41. The van der Waals surface area contributed by atoms with Crippen LogP contribution in [0.1, 0.15) is 21.5 Å². The lowest BCUT2D eigenvalue weighted by molar-refractivity contribution is -0.126. The van der Waals surface area contributed by atoms with E-state index in [0.717, 1.165) is 22.0 Å². The Morgan fingerprint density at radius 2 is 1.79 bits per heavy atom. The highest BCUT2D eigenvalue weighted by Crippen LogP contribution is 2.38. The molecule has 2 aliphatic heterocycles. The van der Waals surface area contributed by atoms with E-state index in [0.29, 0.717) is 19.6 Å². The Bertz CT molecular complexity index is 1100. The number of carbonyl (C=O) groups excluding carboxylic acids is 2. The summed E-state index contributed by atoms with van der Waals surface area (Å²) in [4.78, 5) is 29.6. The van der Waals surface area contributed by atoms with Crippen molar-refractivity contribution >= 4 is 28.3 Å². The van der Waals surface area contributed by atoms with Gasteiger partial charge in [-0.3, -0.25) is 19.4 Å². The molecule has 2 amide bonds. The van der Waals surface area contributed by atoms with Gasteiger partial charge in [-0.25, -0.2) is 0 Å². The van der Waals surface area contributed by atoms with Crippen molar-refractivity contribution in [2.24, 2.45) is 0 Å². The van der Waals surface area contributed by atoms with Crippen molar-refractivity contribution in [3.8, 4) is 0 Å². The van der Waals surface area contributed by atoms with Gasteiger partial charge in [0.1, 0.15) is 0 Å². The van der Waals surface area contributed by atoms with E-state index in [4.69, 9.17) is 0 Å². The number of hydrogen-bond acceptors (Lipinski definition) is 3. The number of nitrogens with one attached hydrogen (secondary N) is 1. The van der Waals surface area contributed by atoms with E-state index < -0.39 is 0 Å². The first-order valence-electron chi connectivity index (χ1n) is 9.53. The largest absolute Gasteiger partial charge is 0.358 e. The van der Waals surface area contributed by atoms with Crippen molar-refractivity contribution in [3.05, 3.63) is 77.4 Å². The zero-order valence-electron chi connectivity index (χ0n) is 15.7. The van der Waals surface area contributed by atoms with Crippen molar-refractivity contribution in [1.82, 2.24) is 10.2 Å². The van der Waals surface area contributed by atoms with Crippen LogP contribution >= 0.6 is 0 Å². The molecule has 140 valence electrons. The fourth-order valence-corrected chi connectivity index (χ4v) is 4.45. The normalized spacial score (nSPS) is 18.4. The van der Waals surface area contributed by atoms with E-state index >= 15 is 0 Å². The van der Waals surface area contributed by atoms with Gasteiger partial charge in [0, 0.05) is 24.5 Å². The van der Waals surface area contributed by atoms with E-state index in [9.17, 15) is 9.59 Å². The lowest BCUT2D eigenvalue weighted by Gasteiger charge is -2.38. The zero-order chi connectivity index (χ0) is 19.3. The Balaban J connectivity index is 1.52. The lowest BCUT2D eigenvalue weighted by Crippen LogP contribution is -2.53. The smallest absolute Gasteiger partial charge is 0.260 e. The number of amides is 2. The first kappa shape index (κ1) is 17.0. The van der Waals surface area contributed by atoms with Gasteiger partial charge in [0.25, 0.3) is 5.91 Å². The minimum atomic E-state index is -0.296. The minimum absolute atomic E-state index is 0.00122. The first-order valence-corrected chi connectivity index (χ1v) is 9.53. The Labute approximate surface area is 163 Å². The molecule has 0 saturated carbocycles. The van der Waals surface area contributed by atoms with E-state index in [2.05, 4.69) is 22.3 Å². The highest BCUT2D eigenvalue weighted by atomic mass is 16.2. The second kappa shape index (κ2) is 6.46. The Hall–Kier alpha value is -3.18. The van der Waals surface area contributed by atoms with Gasteiger partial charge in [-0.05, 0) is 35.1 Å². The summed E-state index contributed by atoms with van der Waals surface area (Å²) in [5.74, 6) is -0.0156. The molecule has 0 saturated heterocycles. The number of rotatable bonds is 3. The highest BCUT2D eigenvalue weighted by molar-refractivity contribution is 6.25. The highest BCUT2D eigenvalue weighted by Gasteiger charge is 2.36. The van der Waals surface area contributed by atoms with Crippen LogP contribution in [0.3, 0.4) is 0 Å². The minimum Gasteiger partial charge on any atom is -0.358 e. The Morgan fingerprint density at radius 1 is 1.04 bits per heavy atom. The van der Waals surface area contributed by atoms with Crippen LogP contribution in [0.4, 0.5) is 5.69 Å². The first-order chi connectivity index (χ1) is 13.7. The number of nitrogens with zero attached hydrogens (tertiary/aromatic N) is 2.